The lowest BCUT2D eigenvalue weighted by Crippen LogP contribution is -2.40. The van der Waals surface area contributed by atoms with Crippen molar-refractivity contribution in [3.05, 3.63) is 0 Å². The number of hydrogen-bond acceptors (Lipinski definition) is 4. The lowest BCUT2D eigenvalue weighted by molar-refractivity contribution is 0.211. The number of rotatable bonds is 7. The van der Waals surface area contributed by atoms with Gasteiger partial charge in [0.15, 0.2) is 9.84 Å². The fourth-order valence-electron chi connectivity index (χ4n) is 2.73. The van der Waals surface area contributed by atoms with Crippen LogP contribution < -0.4 is 5.73 Å². The van der Waals surface area contributed by atoms with E-state index in [4.69, 9.17) is 5.73 Å². The highest BCUT2D eigenvalue weighted by atomic mass is 32.2. The van der Waals surface area contributed by atoms with E-state index in [0.29, 0.717) is 30.7 Å². The molecule has 2 atom stereocenters. The summed E-state index contributed by atoms with van der Waals surface area (Å²) in [5.41, 5.74) is 5.75. The molecule has 0 aromatic carbocycles. The van der Waals surface area contributed by atoms with Crippen LogP contribution in [0.1, 0.15) is 32.6 Å². The molecule has 0 aromatic heterocycles. The van der Waals surface area contributed by atoms with E-state index in [1.165, 1.54) is 12.8 Å². The molecule has 1 saturated carbocycles. The predicted molar refractivity (Wildman–Crippen MR) is 71.8 cm³/mol. The van der Waals surface area contributed by atoms with Crippen LogP contribution in [0.25, 0.3) is 0 Å². The summed E-state index contributed by atoms with van der Waals surface area (Å²) in [5.74, 6) is 1.14. The minimum absolute atomic E-state index is 0.283. The molecule has 0 saturated heterocycles. The van der Waals surface area contributed by atoms with Crippen molar-refractivity contribution in [2.75, 3.05) is 31.6 Å². The van der Waals surface area contributed by atoms with E-state index >= 15 is 0 Å². The Balaban J connectivity index is 2.41. The molecule has 4 nitrogen and oxygen atoms in total. The summed E-state index contributed by atoms with van der Waals surface area (Å²) >= 11 is 0. The van der Waals surface area contributed by atoms with Crippen LogP contribution in [0.3, 0.4) is 0 Å². The van der Waals surface area contributed by atoms with E-state index in [9.17, 15) is 8.42 Å². The van der Waals surface area contributed by atoms with Crippen LogP contribution in [0.2, 0.25) is 0 Å². The molecule has 0 spiro atoms. The van der Waals surface area contributed by atoms with Crippen molar-refractivity contribution in [3.63, 3.8) is 0 Å². The van der Waals surface area contributed by atoms with Crippen molar-refractivity contribution in [1.29, 1.82) is 0 Å². The molecule has 1 rings (SSSR count). The quantitative estimate of drug-likeness (QED) is 0.739. The van der Waals surface area contributed by atoms with Gasteiger partial charge in [0.1, 0.15) is 0 Å². The number of sulfone groups is 1. The summed E-state index contributed by atoms with van der Waals surface area (Å²) in [6.07, 6.45) is 4.28. The predicted octanol–water partition coefficient (Wildman–Crippen LogP) is 0.870. The molecule has 1 aliphatic rings. The van der Waals surface area contributed by atoms with Gasteiger partial charge in [0.25, 0.3) is 0 Å². The second-order valence-electron chi connectivity index (χ2n) is 5.13. The Morgan fingerprint density at radius 3 is 2.59 bits per heavy atom. The standard InChI is InChI=1S/C12H26N2O2S/c1-3-8-17(15,16)9-7-14(2)12-6-4-5-11(12)10-13/h11-12H,3-10,13H2,1-2H3. The molecule has 2 N–H and O–H groups in total. The first kappa shape index (κ1) is 14.9. The maximum atomic E-state index is 11.6. The van der Waals surface area contributed by atoms with E-state index in [-0.39, 0.29) is 5.75 Å². The average molecular weight is 262 g/mol. The average Bonchev–Trinajstić information content (AvgIpc) is 2.74. The Hall–Kier alpha value is -0.130. The van der Waals surface area contributed by atoms with Crippen LogP contribution in [0.5, 0.6) is 0 Å². The van der Waals surface area contributed by atoms with E-state index in [2.05, 4.69) is 4.90 Å². The van der Waals surface area contributed by atoms with Crippen molar-refractivity contribution < 1.29 is 8.42 Å². The van der Waals surface area contributed by atoms with Gasteiger partial charge in [0, 0.05) is 18.3 Å². The second kappa shape index (κ2) is 6.71. The maximum Gasteiger partial charge on any atom is 0.151 e. The third-order valence-corrected chi connectivity index (χ3v) is 5.59. The van der Waals surface area contributed by atoms with Gasteiger partial charge in [-0.15, -0.1) is 0 Å². The Bertz CT molecular complexity index is 316. The molecule has 0 heterocycles. The van der Waals surface area contributed by atoms with Gasteiger partial charge in [0.05, 0.1) is 5.75 Å². The molecule has 0 bridgehead atoms. The van der Waals surface area contributed by atoms with Crippen molar-refractivity contribution in [2.45, 2.75) is 38.6 Å². The molecule has 17 heavy (non-hydrogen) atoms. The fraction of sp³-hybridized carbons (Fsp3) is 1.00. The van der Waals surface area contributed by atoms with Crippen molar-refractivity contribution in [3.8, 4) is 0 Å². The molecular formula is C12H26N2O2S. The highest BCUT2D eigenvalue weighted by Crippen LogP contribution is 2.28. The van der Waals surface area contributed by atoms with Crippen LogP contribution in [0.4, 0.5) is 0 Å². The SMILES string of the molecule is CCCS(=O)(=O)CCN(C)C1CCCC1CN. The zero-order chi connectivity index (χ0) is 12.9. The van der Waals surface area contributed by atoms with Gasteiger partial charge in [-0.05, 0) is 38.8 Å². The third kappa shape index (κ3) is 4.56. The molecule has 0 aliphatic heterocycles. The van der Waals surface area contributed by atoms with E-state index in [0.717, 1.165) is 13.0 Å². The van der Waals surface area contributed by atoms with Crippen LogP contribution in [-0.2, 0) is 9.84 Å². The summed E-state index contributed by atoms with van der Waals surface area (Å²) in [5, 5.41) is 0. The molecule has 2 unspecified atom stereocenters. The highest BCUT2D eigenvalue weighted by molar-refractivity contribution is 7.91. The molecule has 0 radical (unpaired) electrons. The summed E-state index contributed by atoms with van der Waals surface area (Å²) in [6, 6.07) is 0.483. The van der Waals surface area contributed by atoms with E-state index in [1.807, 2.05) is 14.0 Å². The van der Waals surface area contributed by atoms with E-state index < -0.39 is 9.84 Å². The molecule has 5 heteroatoms. The number of nitrogens with zero attached hydrogens (tertiary/aromatic N) is 1. The van der Waals surface area contributed by atoms with Crippen LogP contribution in [-0.4, -0.2) is 51.0 Å². The molecule has 0 aromatic rings. The van der Waals surface area contributed by atoms with Gasteiger partial charge < -0.3 is 10.6 Å². The summed E-state index contributed by atoms with van der Waals surface area (Å²) in [4.78, 5) is 2.19. The van der Waals surface area contributed by atoms with Crippen LogP contribution >= 0.6 is 0 Å². The minimum atomic E-state index is -2.85. The van der Waals surface area contributed by atoms with Gasteiger partial charge in [-0.3, -0.25) is 0 Å². The molecule has 102 valence electrons. The lowest BCUT2D eigenvalue weighted by Gasteiger charge is -2.28. The normalized spacial score (nSPS) is 25.6. The first-order valence-electron chi connectivity index (χ1n) is 6.61. The van der Waals surface area contributed by atoms with Crippen molar-refractivity contribution in [1.82, 2.24) is 4.90 Å². The first-order valence-corrected chi connectivity index (χ1v) is 8.43. The highest BCUT2D eigenvalue weighted by Gasteiger charge is 2.29. The van der Waals surface area contributed by atoms with Gasteiger partial charge >= 0.3 is 0 Å². The Morgan fingerprint density at radius 2 is 2.00 bits per heavy atom. The zero-order valence-electron chi connectivity index (χ0n) is 11.1. The Morgan fingerprint density at radius 1 is 1.29 bits per heavy atom. The van der Waals surface area contributed by atoms with Gasteiger partial charge in [-0.25, -0.2) is 8.42 Å². The lowest BCUT2D eigenvalue weighted by atomic mass is 10.0. The van der Waals surface area contributed by atoms with Gasteiger partial charge in [-0.2, -0.15) is 0 Å². The number of hydrogen-bond donors (Lipinski definition) is 1. The third-order valence-electron chi connectivity index (χ3n) is 3.76. The monoisotopic (exact) mass is 262 g/mol. The summed E-state index contributed by atoms with van der Waals surface area (Å²) < 4.78 is 23.3. The second-order valence-corrected chi connectivity index (χ2v) is 7.43. The van der Waals surface area contributed by atoms with Crippen molar-refractivity contribution >= 4 is 9.84 Å². The topological polar surface area (TPSA) is 63.4 Å². The zero-order valence-corrected chi connectivity index (χ0v) is 11.9. The first-order chi connectivity index (χ1) is 8.00. The molecular weight excluding hydrogens is 236 g/mol. The molecule has 1 fully saturated rings. The molecule has 0 amide bonds. The summed E-state index contributed by atoms with van der Waals surface area (Å²) in [6.45, 7) is 3.27. The van der Waals surface area contributed by atoms with Crippen LogP contribution in [0, 0.1) is 5.92 Å². The smallest absolute Gasteiger partial charge is 0.151 e. The minimum Gasteiger partial charge on any atom is -0.330 e. The maximum absolute atomic E-state index is 11.6. The van der Waals surface area contributed by atoms with Crippen molar-refractivity contribution in [2.24, 2.45) is 11.7 Å². The Kier molecular flexibility index (Phi) is 5.89. The van der Waals surface area contributed by atoms with Gasteiger partial charge in [-0.1, -0.05) is 13.3 Å². The largest absolute Gasteiger partial charge is 0.330 e. The van der Waals surface area contributed by atoms with Crippen LogP contribution in [0.15, 0.2) is 0 Å². The summed E-state index contributed by atoms with van der Waals surface area (Å²) in [7, 11) is -0.825. The number of nitrogens with two attached hydrogens (primary N) is 1. The fourth-order valence-corrected chi connectivity index (χ4v) is 4.13. The molecule has 1 aliphatic carbocycles. The van der Waals surface area contributed by atoms with E-state index in [1.54, 1.807) is 0 Å². The Labute approximate surface area is 105 Å². The van der Waals surface area contributed by atoms with Gasteiger partial charge in [0.2, 0.25) is 0 Å².